The summed E-state index contributed by atoms with van der Waals surface area (Å²) < 4.78 is 2.70. The number of fused-ring (bicyclic) bond motifs is 1. The summed E-state index contributed by atoms with van der Waals surface area (Å²) in [5, 5.41) is 0. The lowest BCUT2D eigenvalue weighted by Crippen LogP contribution is -2.41. The van der Waals surface area contributed by atoms with Crippen LogP contribution in [0.25, 0.3) is 0 Å². The van der Waals surface area contributed by atoms with Crippen LogP contribution in [0.15, 0.2) is 115 Å². The highest BCUT2D eigenvalue weighted by atomic mass is 15.1. The molecule has 0 saturated heterocycles. The molecule has 0 saturated carbocycles. The fourth-order valence-electron chi connectivity index (χ4n) is 5.50. The molecule has 0 aromatic heterocycles. The van der Waals surface area contributed by atoms with Gasteiger partial charge in [0.25, 0.3) is 0 Å². The van der Waals surface area contributed by atoms with Gasteiger partial charge in [-0.2, -0.15) is 0 Å². The Morgan fingerprint density at radius 1 is 0.576 bits per heavy atom. The van der Waals surface area contributed by atoms with Crippen molar-refractivity contribution in [2.75, 3.05) is 6.54 Å². The molecule has 1 heteroatoms. The zero-order chi connectivity index (χ0) is 22.5. The second kappa shape index (κ2) is 9.58. The molecule has 1 heterocycles. The van der Waals surface area contributed by atoms with Crippen molar-refractivity contribution in [1.29, 1.82) is 0 Å². The molecule has 4 aromatic carbocycles. The third kappa shape index (κ3) is 3.72. The van der Waals surface area contributed by atoms with Crippen LogP contribution >= 0.6 is 0 Å². The summed E-state index contributed by atoms with van der Waals surface area (Å²) in [4.78, 5) is 0. The standard InChI is InChI=1S/C32H32N/c1-2-3-4-16-25-33-31(26-17-8-5-9-18-26)29-23-14-15-24-30(29)32(33,27-19-10-6-11-20-27)28-21-12-7-13-22-28/h5-15,17-24H,2-4,16,25H2,1H3/q+1. The third-order valence-electron chi connectivity index (χ3n) is 6.91. The van der Waals surface area contributed by atoms with Crippen molar-refractivity contribution < 1.29 is 4.58 Å². The van der Waals surface area contributed by atoms with Gasteiger partial charge < -0.3 is 0 Å². The SMILES string of the molecule is CCCCCC[N+]1=C(c2ccccc2)c2ccccc2C1(c1ccccc1)c1ccccc1. The number of hydrogen-bond acceptors (Lipinski definition) is 0. The first-order valence-corrected chi connectivity index (χ1v) is 12.3. The van der Waals surface area contributed by atoms with E-state index in [4.69, 9.17) is 0 Å². The fraction of sp³-hybridized carbons (Fsp3) is 0.219. The molecule has 0 fully saturated rings. The van der Waals surface area contributed by atoms with Crippen molar-refractivity contribution in [3.8, 4) is 0 Å². The van der Waals surface area contributed by atoms with Crippen LogP contribution in [0, 0.1) is 0 Å². The molecule has 33 heavy (non-hydrogen) atoms. The smallest absolute Gasteiger partial charge is 0.211 e. The minimum atomic E-state index is -0.351. The van der Waals surface area contributed by atoms with E-state index in [1.54, 1.807) is 0 Å². The normalized spacial score (nSPS) is 14.3. The first-order valence-electron chi connectivity index (χ1n) is 12.3. The first-order chi connectivity index (χ1) is 16.4. The average molecular weight is 431 g/mol. The third-order valence-corrected chi connectivity index (χ3v) is 6.91. The molecule has 0 bridgehead atoms. The van der Waals surface area contributed by atoms with Gasteiger partial charge in [0.2, 0.25) is 11.3 Å². The van der Waals surface area contributed by atoms with E-state index in [0.29, 0.717) is 0 Å². The van der Waals surface area contributed by atoms with Gasteiger partial charge in [0, 0.05) is 28.7 Å². The van der Waals surface area contributed by atoms with Gasteiger partial charge in [-0.25, -0.2) is 4.58 Å². The van der Waals surface area contributed by atoms with E-state index < -0.39 is 0 Å². The van der Waals surface area contributed by atoms with Crippen molar-refractivity contribution >= 4 is 5.71 Å². The Bertz CT molecular complexity index is 1180. The predicted molar refractivity (Wildman–Crippen MR) is 138 cm³/mol. The molecule has 0 atom stereocenters. The van der Waals surface area contributed by atoms with Gasteiger partial charge in [-0.3, -0.25) is 0 Å². The average Bonchev–Trinajstić information content (AvgIpc) is 3.19. The molecule has 1 aliphatic rings. The first kappa shape index (κ1) is 21.4. The predicted octanol–water partition coefficient (Wildman–Crippen LogP) is 7.42. The zero-order valence-corrected chi connectivity index (χ0v) is 19.5. The van der Waals surface area contributed by atoms with Gasteiger partial charge in [-0.1, -0.05) is 117 Å². The van der Waals surface area contributed by atoms with Crippen LogP contribution in [0.4, 0.5) is 0 Å². The quantitative estimate of drug-likeness (QED) is 0.202. The minimum absolute atomic E-state index is 0.351. The number of hydrogen-bond donors (Lipinski definition) is 0. The van der Waals surface area contributed by atoms with E-state index in [9.17, 15) is 0 Å². The van der Waals surface area contributed by atoms with Gasteiger partial charge in [-0.05, 0) is 24.6 Å². The van der Waals surface area contributed by atoms with Crippen molar-refractivity contribution in [2.24, 2.45) is 0 Å². The number of rotatable bonds is 8. The Morgan fingerprint density at radius 3 is 1.73 bits per heavy atom. The van der Waals surface area contributed by atoms with E-state index in [0.717, 1.165) is 6.54 Å². The topological polar surface area (TPSA) is 3.01 Å². The minimum Gasteiger partial charge on any atom is -0.211 e. The van der Waals surface area contributed by atoms with Crippen LogP contribution in [0.3, 0.4) is 0 Å². The molecule has 5 rings (SSSR count). The largest absolute Gasteiger partial charge is 0.240 e. The molecule has 164 valence electrons. The Balaban J connectivity index is 1.85. The molecule has 0 radical (unpaired) electrons. The number of unbranched alkanes of at least 4 members (excludes halogenated alkanes) is 3. The zero-order valence-electron chi connectivity index (χ0n) is 19.5. The Morgan fingerprint density at radius 2 is 1.12 bits per heavy atom. The summed E-state index contributed by atoms with van der Waals surface area (Å²) in [6.07, 6.45) is 4.97. The summed E-state index contributed by atoms with van der Waals surface area (Å²) in [7, 11) is 0. The Kier molecular flexibility index (Phi) is 6.21. The van der Waals surface area contributed by atoms with E-state index in [2.05, 4.69) is 127 Å². The van der Waals surface area contributed by atoms with Crippen molar-refractivity contribution in [1.82, 2.24) is 0 Å². The van der Waals surface area contributed by atoms with Gasteiger partial charge >= 0.3 is 0 Å². The van der Waals surface area contributed by atoms with Gasteiger partial charge in [0.05, 0.1) is 5.56 Å². The number of nitrogens with zero attached hydrogens (tertiary/aromatic N) is 1. The molecule has 1 nitrogen and oxygen atoms in total. The molecular formula is C32H32N+. The maximum Gasteiger partial charge on any atom is 0.240 e. The summed E-state index contributed by atoms with van der Waals surface area (Å²) in [5.41, 5.74) is 7.64. The molecule has 1 aliphatic heterocycles. The maximum atomic E-state index is 2.70. The molecule has 4 aromatic rings. The Hall–Kier alpha value is -3.45. The van der Waals surface area contributed by atoms with Crippen LogP contribution < -0.4 is 0 Å². The van der Waals surface area contributed by atoms with Crippen LogP contribution in [0.2, 0.25) is 0 Å². The fourth-order valence-corrected chi connectivity index (χ4v) is 5.50. The Labute approximate surface area is 198 Å². The summed E-state index contributed by atoms with van der Waals surface area (Å²) >= 11 is 0. The van der Waals surface area contributed by atoms with Crippen LogP contribution in [-0.4, -0.2) is 16.8 Å². The van der Waals surface area contributed by atoms with Gasteiger partial charge in [0.1, 0.15) is 6.54 Å². The van der Waals surface area contributed by atoms with E-state index >= 15 is 0 Å². The molecule has 0 N–H and O–H groups in total. The highest BCUT2D eigenvalue weighted by molar-refractivity contribution is 6.12. The number of benzene rings is 4. The summed E-state index contributed by atoms with van der Waals surface area (Å²) in [6.45, 7) is 3.30. The van der Waals surface area contributed by atoms with E-state index in [1.165, 1.54) is 59.2 Å². The van der Waals surface area contributed by atoms with Crippen molar-refractivity contribution in [2.45, 2.75) is 38.1 Å². The maximum absolute atomic E-state index is 2.70. The monoisotopic (exact) mass is 430 g/mol. The van der Waals surface area contributed by atoms with Gasteiger partial charge in [0.15, 0.2) is 0 Å². The van der Waals surface area contributed by atoms with Crippen LogP contribution in [-0.2, 0) is 5.54 Å². The molecule has 0 unspecified atom stereocenters. The summed E-state index contributed by atoms with van der Waals surface area (Å²) in [5.74, 6) is 0. The second-order valence-electron chi connectivity index (χ2n) is 8.91. The lowest BCUT2D eigenvalue weighted by molar-refractivity contribution is -0.590. The molecule has 0 spiro atoms. The van der Waals surface area contributed by atoms with Crippen molar-refractivity contribution in [3.05, 3.63) is 143 Å². The van der Waals surface area contributed by atoms with E-state index in [1.807, 2.05) is 0 Å². The van der Waals surface area contributed by atoms with E-state index in [-0.39, 0.29) is 5.54 Å². The highest BCUT2D eigenvalue weighted by Crippen LogP contribution is 2.46. The lowest BCUT2D eigenvalue weighted by atomic mass is 9.76. The highest BCUT2D eigenvalue weighted by Gasteiger charge is 2.54. The molecular weight excluding hydrogens is 398 g/mol. The lowest BCUT2D eigenvalue weighted by Gasteiger charge is -2.30. The molecule has 0 amide bonds. The second-order valence-corrected chi connectivity index (χ2v) is 8.91. The van der Waals surface area contributed by atoms with Crippen LogP contribution in [0.1, 0.15) is 60.4 Å². The molecule has 0 aliphatic carbocycles. The summed E-state index contributed by atoms with van der Waals surface area (Å²) in [6, 6.07) is 42.1. The van der Waals surface area contributed by atoms with Gasteiger partial charge in [-0.15, -0.1) is 0 Å². The van der Waals surface area contributed by atoms with Crippen molar-refractivity contribution in [3.63, 3.8) is 0 Å². The van der Waals surface area contributed by atoms with Crippen LogP contribution in [0.5, 0.6) is 0 Å².